The summed E-state index contributed by atoms with van der Waals surface area (Å²) in [6.07, 6.45) is 4.38. The number of imidazole rings is 1. The number of rotatable bonds is 5. The number of nitrogens with one attached hydrogen (secondary N) is 1. The lowest BCUT2D eigenvalue weighted by Gasteiger charge is -2.01. The van der Waals surface area contributed by atoms with Gasteiger partial charge in [-0.2, -0.15) is 4.98 Å². The highest BCUT2D eigenvalue weighted by molar-refractivity contribution is 5.92. The molecule has 0 unspecified atom stereocenters. The highest BCUT2D eigenvalue weighted by Gasteiger charge is 2.09. The molecule has 0 atom stereocenters. The van der Waals surface area contributed by atoms with Gasteiger partial charge in [-0.1, -0.05) is 0 Å². The summed E-state index contributed by atoms with van der Waals surface area (Å²) in [4.78, 5) is 19.4. The van der Waals surface area contributed by atoms with Crippen LogP contribution in [0.1, 0.15) is 16.2 Å². The molecule has 21 heavy (non-hydrogen) atoms. The van der Waals surface area contributed by atoms with Gasteiger partial charge in [0.25, 0.3) is 6.01 Å². The van der Waals surface area contributed by atoms with Crippen molar-refractivity contribution in [3.05, 3.63) is 42.0 Å². The summed E-state index contributed by atoms with van der Waals surface area (Å²) in [7, 11) is 1.94. The Labute approximate surface area is 120 Å². The topological polar surface area (TPSA) is 93.2 Å². The van der Waals surface area contributed by atoms with E-state index in [-0.39, 0.29) is 5.56 Å². The lowest BCUT2D eigenvalue weighted by atomic mass is 10.2. The van der Waals surface area contributed by atoms with E-state index in [1.807, 2.05) is 17.8 Å². The number of hydrogen-bond acceptors (Lipinski definition) is 5. The molecule has 2 heterocycles. The minimum atomic E-state index is -0.988. The molecule has 0 fully saturated rings. The number of aromatic nitrogens is 3. The van der Waals surface area contributed by atoms with Crippen molar-refractivity contribution in [2.45, 2.75) is 6.42 Å². The second kappa shape index (κ2) is 5.28. The van der Waals surface area contributed by atoms with Crippen LogP contribution >= 0.6 is 0 Å². The van der Waals surface area contributed by atoms with E-state index in [0.29, 0.717) is 23.7 Å². The van der Waals surface area contributed by atoms with Crippen molar-refractivity contribution in [1.29, 1.82) is 0 Å². The molecule has 0 spiro atoms. The van der Waals surface area contributed by atoms with Crippen LogP contribution < -0.4 is 5.32 Å². The van der Waals surface area contributed by atoms with Gasteiger partial charge in [0.2, 0.25) is 0 Å². The molecule has 0 aliphatic carbocycles. The summed E-state index contributed by atoms with van der Waals surface area (Å²) in [5.41, 5.74) is 1.26. The summed E-state index contributed by atoms with van der Waals surface area (Å²) in [5, 5.41) is 12.0. The quantitative estimate of drug-likeness (QED) is 0.744. The van der Waals surface area contributed by atoms with E-state index in [4.69, 9.17) is 9.52 Å². The van der Waals surface area contributed by atoms with Crippen molar-refractivity contribution in [2.75, 3.05) is 11.9 Å². The summed E-state index contributed by atoms with van der Waals surface area (Å²) in [6.45, 7) is 0.628. The molecular formula is C14H14N4O3. The van der Waals surface area contributed by atoms with Gasteiger partial charge in [0.05, 0.1) is 5.56 Å². The number of benzene rings is 1. The highest BCUT2D eigenvalue weighted by atomic mass is 16.4. The van der Waals surface area contributed by atoms with Crippen LogP contribution in [0.15, 0.2) is 35.0 Å². The minimum absolute atomic E-state index is 0.179. The standard InChI is InChI=1S/C14H14N4O3/c1-18-7-6-15-12(18)4-5-16-14-17-10-3-2-9(13(19)20)8-11(10)21-14/h2-3,6-8H,4-5H2,1H3,(H,16,17)(H,19,20). The van der Waals surface area contributed by atoms with Gasteiger partial charge in [-0.15, -0.1) is 0 Å². The molecule has 3 aromatic rings. The Bertz CT molecular complexity index is 790. The van der Waals surface area contributed by atoms with Gasteiger partial charge in [-0.25, -0.2) is 9.78 Å². The average molecular weight is 286 g/mol. The first-order valence-corrected chi connectivity index (χ1v) is 6.47. The maximum atomic E-state index is 10.9. The Morgan fingerprint density at radius 2 is 2.33 bits per heavy atom. The average Bonchev–Trinajstić information content (AvgIpc) is 3.04. The lowest BCUT2D eigenvalue weighted by Crippen LogP contribution is -2.08. The van der Waals surface area contributed by atoms with Crippen molar-refractivity contribution >= 4 is 23.1 Å². The van der Waals surface area contributed by atoms with Crippen LogP contribution in [0.25, 0.3) is 11.1 Å². The van der Waals surface area contributed by atoms with Crippen LogP contribution in [0, 0.1) is 0 Å². The third-order valence-electron chi connectivity index (χ3n) is 3.18. The largest absolute Gasteiger partial charge is 0.478 e. The molecule has 7 heteroatoms. The highest BCUT2D eigenvalue weighted by Crippen LogP contribution is 2.20. The van der Waals surface area contributed by atoms with Crippen LogP contribution in [-0.2, 0) is 13.5 Å². The van der Waals surface area contributed by atoms with Crippen LogP contribution in [0.5, 0.6) is 0 Å². The number of aromatic carboxylic acids is 1. The molecule has 2 aromatic heterocycles. The van der Waals surface area contributed by atoms with E-state index in [1.165, 1.54) is 12.1 Å². The molecule has 0 aliphatic rings. The van der Waals surface area contributed by atoms with E-state index >= 15 is 0 Å². The summed E-state index contributed by atoms with van der Waals surface area (Å²) in [6, 6.07) is 4.98. The van der Waals surface area contributed by atoms with Gasteiger partial charge in [0.1, 0.15) is 11.3 Å². The maximum absolute atomic E-state index is 10.9. The van der Waals surface area contributed by atoms with E-state index in [9.17, 15) is 4.79 Å². The Hall–Kier alpha value is -2.83. The molecule has 0 bridgehead atoms. The SMILES string of the molecule is Cn1ccnc1CCNc1nc2ccc(C(=O)O)cc2o1. The lowest BCUT2D eigenvalue weighted by molar-refractivity contribution is 0.0697. The normalized spacial score (nSPS) is 10.9. The molecule has 1 aromatic carbocycles. The molecule has 0 amide bonds. The minimum Gasteiger partial charge on any atom is -0.478 e. The third-order valence-corrected chi connectivity index (χ3v) is 3.18. The molecule has 0 radical (unpaired) electrons. The first-order chi connectivity index (χ1) is 10.1. The smallest absolute Gasteiger partial charge is 0.335 e. The molecule has 108 valence electrons. The van der Waals surface area contributed by atoms with Gasteiger partial charge in [0, 0.05) is 32.4 Å². The van der Waals surface area contributed by atoms with Gasteiger partial charge in [0.15, 0.2) is 5.58 Å². The number of carboxylic acids is 1. The zero-order valence-corrected chi connectivity index (χ0v) is 11.4. The third kappa shape index (κ3) is 2.71. The zero-order valence-electron chi connectivity index (χ0n) is 11.4. The number of aryl methyl sites for hydroxylation is 1. The maximum Gasteiger partial charge on any atom is 0.335 e. The Morgan fingerprint density at radius 3 is 3.05 bits per heavy atom. The number of anilines is 1. The van der Waals surface area contributed by atoms with E-state index < -0.39 is 5.97 Å². The molecule has 0 saturated heterocycles. The summed E-state index contributed by atoms with van der Waals surface area (Å²) >= 11 is 0. The van der Waals surface area contributed by atoms with Crippen LogP contribution in [0.3, 0.4) is 0 Å². The number of hydrogen-bond donors (Lipinski definition) is 2. The van der Waals surface area contributed by atoms with Crippen molar-refractivity contribution in [3.63, 3.8) is 0 Å². The van der Waals surface area contributed by atoms with Crippen LogP contribution in [-0.4, -0.2) is 32.2 Å². The summed E-state index contributed by atoms with van der Waals surface area (Å²) < 4.78 is 7.45. The van der Waals surface area contributed by atoms with Crippen molar-refractivity contribution in [2.24, 2.45) is 7.05 Å². The Kier molecular flexibility index (Phi) is 3.31. The fourth-order valence-corrected chi connectivity index (χ4v) is 2.05. The first-order valence-electron chi connectivity index (χ1n) is 6.47. The molecule has 0 aliphatic heterocycles. The van der Waals surface area contributed by atoms with Gasteiger partial charge < -0.3 is 19.4 Å². The zero-order chi connectivity index (χ0) is 14.8. The van der Waals surface area contributed by atoms with Crippen LogP contribution in [0.4, 0.5) is 6.01 Å². The van der Waals surface area contributed by atoms with Crippen molar-refractivity contribution in [1.82, 2.24) is 14.5 Å². The molecule has 2 N–H and O–H groups in total. The van der Waals surface area contributed by atoms with Crippen molar-refractivity contribution in [3.8, 4) is 0 Å². The van der Waals surface area contributed by atoms with E-state index in [1.54, 1.807) is 12.3 Å². The van der Waals surface area contributed by atoms with E-state index in [2.05, 4.69) is 15.3 Å². The fourth-order valence-electron chi connectivity index (χ4n) is 2.05. The van der Waals surface area contributed by atoms with E-state index in [0.717, 1.165) is 12.2 Å². The molecular weight excluding hydrogens is 272 g/mol. The number of oxazole rings is 1. The number of fused-ring (bicyclic) bond motifs is 1. The predicted molar refractivity (Wildman–Crippen MR) is 76.4 cm³/mol. The number of carboxylic acid groups (broad SMARTS) is 1. The van der Waals surface area contributed by atoms with Crippen molar-refractivity contribution < 1.29 is 14.3 Å². The molecule has 0 saturated carbocycles. The number of carbonyl (C=O) groups is 1. The Morgan fingerprint density at radius 1 is 1.48 bits per heavy atom. The monoisotopic (exact) mass is 286 g/mol. The Balaban J connectivity index is 1.70. The fraction of sp³-hybridized carbons (Fsp3) is 0.214. The number of nitrogens with zero attached hydrogens (tertiary/aromatic N) is 3. The first kappa shape index (κ1) is 13.2. The predicted octanol–water partition coefficient (Wildman–Crippen LogP) is 1.91. The molecule has 7 nitrogen and oxygen atoms in total. The van der Waals surface area contributed by atoms with Gasteiger partial charge in [-0.05, 0) is 18.2 Å². The second-order valence-corrected chi connectivity index (χ2v) is 4.64. The van der Waals surface area contributed by atoms with Crippen LogP contribution in [0.2, 0.25) is 0 Å². The summed E-state index contributed by atoms with van der Waals surface area (Å²) in [5.74, 6) is -0.0237. The van der Waals surface area contributed by atoms with Gasteiger partial charge in [-0.3, -0.25) is 0 Å². The molecule has 3 rings (SSSR count). The van der Waals surface area contributed by atoms with Gasteiger partial charge >= 0.3 is 5.97 Å². The second-order valence-electron chi connectivity index (χ2n) is 4.64.